The van der Waals surface area contributed by atoms with E-state index in [1.54, 1.807) is 18.2 Å². The Kier molecular flexibility index (Phi) is 14.1. The van der Waals surface area contributed by atoms with Crippen molar-refractivity contribution in [3.05, 3.63) is 100 Å². The molecule has 0 radical (unpaired) electrons. The second-order valence-electron chi connectivity index (χ2n) is 5.39. The molecule has 3 rings (SSSR count). The van der Waals surface area contributed by atoms with Gasteiger partial charge in [0.25, 0.3) is 0 Å². The molecule has 0 aromatic heterocycles. The van der Waals surface area contributed by atoms with Crippen molar-refractivity contribution in [3.63, 3.8) is 0 Å². The molecule has 0 aliphatic carbocycles. The van der Waals surface area contributed by atoms with Crippen molar-refractivity contribution in [1.82, 2.24) is 0 Å². The third kappa shape index (κ3) is 12.4. The van der Waals surface area contributed by atoms with Crippen LogP contribution in [-0.2, 0) is 17.7 Å². The predicted molar refractivity (Wildman–Crippen MR) is 125 cm³/mol. The van der Waals surface area contributed by atoms with Gasteiger partial charge in [-0.15, -0.1) is 12.6 Å². The van der Waals surface area contributed by atoms with Crippen LogP contribution in [-0.4, -0.2) is 11.4 Å². The van der Waals surface area contributed by atoms with Crippen LogP contribution >= 0.6 is 44.6 Å². The summed E-state index contributed by atoms with van der Waals surface area (Å²) in [5, 5.41) is 9.77. The second-order valence-corrected chi connectivity index (χ2v) is 7.77. The number of rotatable bonds is 5. The Morgan fingerprint density at radius 3 is 1.75 bits per heavy atom. The first-order chi connectivity index (χ1) is 13.5. The number of aliphatic hydroxyl groups is 1. The molecule has 0 aliphatic rings. The largest absolute Gasteiger partial charge is 0.392 e. The van der Waals surface area contributed by atoms with E-state index in [0.717, 1.165) is 10.5 Å². The zero-order chi connectivity index (χ0) is 20.6. The molecule has 150 valence electrons. The minimum absolute atomic E-state index is 0.140. The Morgan fingerprint density at radius 2 is 1.36 bits per heavy atom. The van der Waals surface area contributed by atoms with Crippen LogP contribution in [0, 0.1) is 0 Å². The Balaban J connectivity index is 0.000000213. The molecule has 3 N–H and O–H groups in total. The molecule has 28 heavy (non-hydrogen) atoms. The zero-order valence-corrected chi connectivity index (χ0v) is 18.7. The van der Waals surface area contributed by atoms with E-state index in [0.29, 0.717) is 31.7 Å². The van der Waals surface area contributed by atoms with Crippen LogP contribution in [0.25, 0.3) is 0 Å². The first-order valence-corrected chi connectivity index (χ1v) is 10.8. The quantitative estimate of drug-likeness (QED) is 0.244. The van der Waals surface area contributed by atoms with Crippen molar-refractivity contribution in [2.45, 2.75) is 18.1 Å². The van der Waals surface area contributed by atoms with E-state index in [9.17, 15) is 0 Å². The SMILES string of the molecule is NCPOCc1ccccc1.OCc1ccccc1.Sc1cc(Cl)cc(Cl)c1. The molecule has 1 unspecified atom stereocenters. The third-order valence-electron chi connectivity index (χ3n) is 3.14. The Morgan fingerprint density at radius 1 is 0.857 bits per heavy atom. The zero-order valence-electron chi connectivity index (χ0n) is 15.3. The Hall–Kier alpha value is -1.10. The van der Waals surface area contributed by atoms with E-state index in [1.165, 1.54) is 5.56 Å². The van der Waals surface area contributed by atoms with Gasteiger partial charge in [0.15, 0.2) is 0 Å². The molecule has 1 atom stereocenters. The average Bonchev–Trinajstić information content (AvgIpc) is 2.70. The summed E-state index contributed by atoms with van der Waals surface area (Å²) in [4.78, 5) is 0.785. The highest BCUT2D eigenvalue weighted by molar-refractivity contribution is 7.80. The summed E-state index contributed by atoms with van der Waals surface area (Å²) in [6.45, 7) is 0.817. The van der Waals surface area contributed by atoms with Gasteiger partial charge in [-0.05, 0) is 29.3 Å². The summed E-state index contributed by atoms with van der Waals surface area (Å²) < 4.78 is 5.27. The van der Waals surface area contributed by atoms with E-state index in [-0.39, 0.29) is 6.61 Å². The highest BCUT2D eigenvalue weighted by atomic mass is 35.5. The van der Waals surface area contributed by atoms with Crippen molar-refractivity contribution in [2.24, 2.45) is 5.73 Å². The van der Waals surface area contributed by atoms with Gasteiger partial charge in [0.1, 0.15) is 0 Å². The average molecular weight is 456 g/mol. The highest BCUT2D eigenvalue weighted by Gasteiger charge is 1.92. The molecule has 0 saturated carbocycles. The molecule has 0 saturated heterocycles. The van der Waals surface area contributed by atoms with Gasteiger partial charge in [-0.2, -0.15) is 0 Å². The van der Waals surface area contributed by atoms with Crippen LogP contribution in [0.5, 0.6) is 0 Å². The fraction of sp³-hybridized carbons (Fsp3) is 0.143. The van der Waals surface area contributed by atoms with Crippen LogP contribution in [0.3, 0.4) is 0 Å². The van der Waals surface area contributed by atoms with Crippen molar-refractivity contribution in [1.29, 1.82) is 0 Å². The predicted octanol–water partition coefficient (Wildman–Crippen LogP) is 6.17. The molecule has 0 spiro atoms. The Labute approximate surface area is 184 Å². The van der Waals surface area contributed by atoms with Gasteiger partial charge < -0.3 is 15.4 Å². The van der Waals surface area contributed by atoms with Gasteiger partial charge >= 0.3 is 0 Å². The standard InChI is InChI=1S/C8H12NOP.C7H8O.C6H4Cl2S/c9-7-11-10-6-8-4-2-1-3-5-8;8-6-7-4-2-1-3-5-7;7-4-1-5(8)3-6(9)2-4/h1-5,11H,6-7,9H2;1-5,8H,6H2;1-3,9H. The lowest BCUT2D eigenvalue weighted by molar-refractivity contribution is 0.282. The van der Waals surface area contributed by atoms with E-state index in [2.05, 4.69) is 12.6 Å². The van der Waals surface area contributed by atoms with Gasteiger partial charge in [-0.25, -0.2) is 0 Å². The van der Waals surface area contributed by atoms with Crippen LogP contribution in [0.15, 0.2) is 83.8 Å². The molecule has 0 aliphatic heterocycles. The van der Waals surface area contributed by atoms with Crippen LogP contribution < -0.4 is 5.73 Å². The van der Waals surface area contributed by atoms with Gasteiger partial charge in [0, 0.05) is 30.0 Å². The lowest BCUT2D eigenvalue weighted by atomic mass is 10.2. The maximum absolute atomic E-state index is 8.54. The maximum Gasteiger partial charge on any atom is 0.0756 e. The lowest BCUT2D eigenvalue weighted by Gasteiger charge is -2.00. The molecular weight excluding hydrogens is 432 g/mol. The summed E-state index contributed by atoms with van der Waals surface area (Å²) in [6, 6.07) is 24.7. The van der Waals surface area contributed by atoms with E-state index < -0.39 is 0 Å². The molecule has 3 nitrogen and oxygen atoms in total. The molecular formula is C21H24Cl2NO2PS. The fourth-order valence-corrected chi connectivity index (χ4v) is 3.23. The molecule has 3 aromatic carbocycles. The van der Waals surface area contributed by atoms with Gasteiger partial charge in [-0.1, -0.05) is 83.9 Å². The topological polar surface area (TPSA) is 55.5 Å². The van der Waals surface area contributed by atoms with Gasteiger partial charge in [0.05, 0.1) is 13.2 Å². The van der Waals surface area contributed by atoms with Gasteiger partial charge in [0.2, 0.25) is 0 Å². The van der Waals surface area contributed by atoms with E-state index >= 15 is 0 Å². The highest BCUT2D eigenvalue weighted by Crippen LogP contribution is 2.20. The fourth-order valence-electron chi connectivity index (χ4n) is 1.89. The van der Waals surface area contributed by atoms with Crippen LogP contribution in [0.1, 0.15) is 11.1 Å². The minimum Gasteiger partial charge on any atom is -0.392 e. The number of nitrogens with two attached hydrogens (primary N) is 1. The molecule has 0 bridgehead atoms. The van der Waals surface area contributed by atoms with Crippen LogP contribution in [0.4, 0.5) is 0 Å². The van der Waals surface area contributed by atoms with E-state index in [1.807, 2.05) is 60.7 Å². The first-order valence-electron chi connectivity index (χ1n) is 8.43. The number of benzene rings is 3. The molecule has 3 aromatic rings. The third-order valence-corrected chi connectivity index (χ3v) is 4.35. The first kappa shape index (κ1) is 24.9. The smallest absolute Gasteiger partial charge is 0.0756 e. The molecule has 0 fully saturated rings. The number of hydrogen-bond donors (Lipinski definition) is 3. The summed E-state index contributed by atoms with van der Waals surface area (Å²) in [6.07, 6.45) is 0.618. The number of aliphatic hydroxyl groups excluding tert-OH is 1. The van der Waals surface area contributed by atoms with Crippen molar-refractivity contribution < 1.29 is 9.63 Å². The summed E-state index contributed by atoms with van der Waals surface area (Å²) >= 11 is 15.3. The van der Waals surface area contributed by atoms with Crippen molar-refractivity contribution >= 4 is 44.6 Å². The Bertz CT molecular complexity index is 729. The summed E-state index contributed by atoms with van der Waals surface area (Å²) in [5.74, 6) is 0. The van der Waals surface area contributed by atoms with Crippen LogP contribution in [0.2, 0.25) is 10.0 Å². The molecule has 0 amide bonds. The van der Waals surface area contributed by atoms with Crippen molar-refractivity contribution in [2.75, 3.05) is 6.29 Å². The summed E-state index contributed by atoms with van der Waals surface area (Å²) in [7, 11) is 0.418. The normalized spacial score (nSPS) is 10.0. The van der Waals surface area contributed by atoms with Crippen molar-refractivity contribution in [3.8, 4) is 0 Å². The van der Waals surface area contributed by atoms with E-state index in [4.69, 9.17) is 38.6 Å². The summed E-state index contributed by atoms with van der Waals surface area (Å²) in [5.41, 5.74) is 7.45. The second kappa shape index (κ2) is 15.8. The number of halogens is 2. The molecule has 7 heteroatoms. The number of hydrogen-bond acceptors (Lipinski definition) is 4. The lowest BCUT2D eigenvalue weighted by Crippen LogP contribution is -1.92. The molecule has 0 heterocycles. The minimum atomic E-state index is 0.140. The maximum atomic E-state index is 8.54. The monoisotopic (exact) mass is 455 g/mol. The number of thiol groups is 1. The van der Waals surface area contributed by atoms with Gasteiger partial charge in [-0.3, -0.25) is 0 Å².